The summed E-state index contributed by atoms with van der Waals surface area (Å²) in [5.74, 6) is -0.0999. The summed E-state index contributed by atoms with van der Waals surface area (Å²) < 4.78 is 0. The van der Waals surface area contributed by atoms with Gasteiger partial charge in [-0.05, 0) is 38.1 Å². The molecule has 0 saturated heterocycles. The zero-order chi connectivity index (χ0) is 13.1. The number of halogens is 1. The molecule has 0 radical (unpaired) electrons. The Morgan fingerprint density at radius 2 is 2.00 bits per heavy atom. The average Bonchev–Trinajstić information content (AvgIpc) is 2.66. The van der Waals surface area contributed by atoms with Crippen molar-refractivity contribution >= 4 is 28.8 Å². The van der Waals surface area contributed by atoms with E-state index in [2.05, 4.69) is 10.3 Å². The molecular formula is C13H13ClN2OS. The summed E-state index contributed by atoms with van der Waals surface area (Å²) in [5, 5.41) is 4.52. The fraction of sp³-hybridized carbons (Fsp3) is 0.231. The molecule has 0 fully saturated rings. The molecular weight excluding hydrogens is 268 g/mol. The van der Waals surface area contributed by atoms with Crippen molar-refractivity contribution in [1.82, 2.24) is 10.3 Å². The molecule has 0 aliphatic carbocycles. The van der Waals surface area contributed by atoms with E-state index >= 15 is 0 Å². The molecule has 5 heteroatoms. The molecule has 0 saturated carbocycles. The van der Waals surface area contributed by atoms with E-state index in [0.717, 1.165) is 15.6 Å². The van der Waals surface area contributed by atoms with Crippen LogP contribution in [0.4, 0.5) is 0 Å². The summed E-state index contributed by atoms with van der Waals surface area (Å²) in [6.45, 7) is 4.42. The lowest BCUT2D eigenvalue weighted by atomic mass is 10.2. The molecule has 1 aromatic carbocycles. The molecule has 1 aromatic heterocycles. The SMILES string of the molecule is Cc1nc(C)c(CNC(=O)c2ccc(Cl)cc2)s1. The van der Waals surface area contributed by atoms with Gasteiger partial charge < -0.3 is 5.32 Å². The van der Waals surface area contributed by atoms with Crippen LogP contribution in [0.15, 0.2) is 24.3 Å². The maximum Gasteiger partial charge on any atom is 0.251 e. The molecule has 2 rings (SSSR count). The lowest BCUT2D eigenvalue weighted by molar-refractivity contribution is 0.0951. The summed E-state index contributed by atoms with van der Waals surface area (Å²) in [7, 11) is 0. The zero-order valence-electron chi connectivity index (χ0n) is 10.2. The number of aromatic nitrogens is 1. The second-order valence-corrected chi connectivity index (χ2v) is 5.66. The Balaban J connectivity index is 2.00. The molecule has 1 N–H and O–H groups in total. The highest BCUT2D eigenvalue weighted by Gasteiger charge is 2.08. The Morgan fingerprint density at radius 1 is 1.33 bits per heavy atom. The molecule has 18 heavy (non-hydrogen) atoms. The van der Waals surface area contributed by atoms with Crippen LogP contribution in [0.3, 0.4) is 0 Å². The van der Waals surface area contributed by atoms with E-state index in [1.54, 1.807) is 35.6 Å². The number of rotatable bonds is 3. The van der Waals surface area contributed by atoms with Gasteiger partial charge in [-0.2, -0.15) is 0 Å². The van der Waals surface area contributed by atoms with E-state index in [1.807, 2.05) is 13.8 Å². The highest BCUT2D eigenvalue weighted by Crippen LogP contribution is 2.17. The Labute approximate surface area is 115 Å². The van der Waals surface area contributed by atoms with Crippen LogP contribution in [0, 0.1) is 13.8 Å². The highest BCUT2D eigenvalue weighted by molar-refractivity contribution is 7.11. The number of hydrogen-bond donors (Lipinski definition) is 1. The van der Waals surface area contributed by atoms with Crippen molar-refractivity contribution in [1.29, 1.82) is 0 Å². The van der Waals surface area contributed by atoms with Gasteiger partial charge in [-0.25, -0.2) is 4.98 Å². The van der Waals surface area contributed by atoms with E-state index in [0.29, 0.717) is 17.1 Å². The van der Waals surface area contributed by atoms with Gasteiger partial charge in [-0.3, -0.25) is 4.79 Å². The first-order chi connectivity index (χ1) is 8.56. The Hall–Kier alpha value is -1.39. The first-order valence-electron chi connectivity index (χ1n) is 5.53. The summed E-state index contributed by atoms with van der Waals surface area (Å²) in [6.07, 6.45) is 0. The second kappa shape index (κ2) is 5.50. The minimum absolute atomic E-state index is 0.0999. The standard InChI is InChI=1S/C13H13ClN2OS/c1-8-12(18-9(2)16-8)7-15-13(17)10-3-5-11(14)6-4-10/h3-6H,7H2,1-2H3,(H,15,17). The third-order valence-corrected chi connectivity index (χ3v) is 3.84. The Morgan fingerprint density at radius 3 is 2.56 bits per heavy atom. The molecule has 1 heterocycles. The Bertz CT molecular complexity index is 563. The van der Waals surface area contributed by atoms with Crippen LogP contribution in [0.5, 0.6) is 0 Å². The molecule has 0 aliphatic rings. The third-order valence-electron chi connectivity index (χ3n) is 2.52. The quantitative estimate of drug-likeness (QED) is 0.937. The minimum Gasteiger partial charge on any atom is -0.347 e. The first-order valence-corrected chi connectivity index (χ1v) is 6.72. The molecule has 94 valence electrons. The molecule has 0 spiro atoms. The van der Waals surface area contributed by atoms with Crippen molar-refractivity contribution in [3.05, 3.63) is 50.4 Å². The summed E-state index contributed by atoms with van der Waals surface area (Å²) >= 11 is 7.38. The van der Waals surface area contributed by atoms with Crippen molar-refractivity contribution in [3.63, 3.8) is 0 Å². The minimum atomic E-state index is -0.0999. The number of hydrogen-bond acceptors (Lipinski definition) is 3. The predicted molar refractivity (Wildman–Crippen MR) is 74.2 cm³/mol. The van der Waals surface area contributed by atoms with Crippen LogP contribution in [0.1, 0.15) is 25.9 Å². The van der Waals surface area contributed by atoms with E-state index < -0.39 is 0 Å². The molecule has 0 bridgehead atoms. The topological polar surface area (TPSA) is 42.0 Å². The van der Waals surface area contributed by atoms with Crippen molar-refractivity contribution < 1.29 is 4.79 Å². The number of carbonyl (C=O) groups excluding carboxylic acids is 1. The van der Waals surface area contributed by atoms with Gasteiger partial charge in [0.15, 0.2) is 0 Å². The first kappa shape index (κ1) is 13.1. The lowest BCUT2D eigenvalue weighted by Crippen LogP contribution is -2.22. The van der Waals surface area contributed by atoms with Gasteiger partial charge in [0.05, 0.1) is 17.2 Å². The van der Waals surface area contributed by atoms with Gasteiger partial charge >= 0.3 is 0 Å². The molecule has 0 atom stereocenters. The number of amides is 1. The highest BCUT2D eigenvalue weighted by atomic mass is 35.5. The normalized spacial score (nSPS) is 10.4. The van der Waals surface area contributed by atoms with Gasteiger partial charge in [-0.1, -0.05) is 11.6 Å². The maximum atomic E-state index is 11.9. The summed E-state index contributed by atoms with van der Waals surface area (Å²) in [5.41, 5.74) is 1.59. The van der Waals surface area contributed by atoms with E-state index in [1.165, 1.54) is 0 Å². The van der Waals surface area contributed by atoms with Gasteiger partial charge in [-0.15, -0.1) is 11.3 Å². The van der Waals surface area contributed by atoms with Crippen molar-refractivity contribution in [2.75, 3.05) is 0 Å². The van der Waals surface area contributed by atoms with Crippen LogP contribution < -0.4 is 5.32 Å². The van der Waals surface area contributed by atoms with Crippen molar-refractivity contribution in [2.45, 2.75) is 20.4 Å². The lowest BCUT2D eigenvalue weighted by Gasteiger charge is -2.04. The molecule has 0 unspecified atom stereocenters. The average molecular weight is 281 g/mol. The maximum absolute atomic E-state index is 11.9. The van der Waals surface area contributed by atoms with E-state index in [9.17, 15) is 4.79 Å². The Kier molecular flexibility index (Phi) is 3.99. The van der Waals surface area contributed by atoms with Crippen LogP contribution in [0.2, 0.25) is 5.02 Å². The van der Waals surface area contributed by atoms with Crippen LogP contribution in [-0.2, 0) is 6.54 Å². The zero-order valence-corrected chi connectivity index (χ0v) is 11.7. The molecule has 1 amide bonds. The van der Waals surface area contributed by atoms with Gasteiger partial charge in [0.25, 0.3) is 5.91 Å². The van der Waals surface area contributed by atoms with Crippen molar-refractivity contribution in [3.8, 4) is 0 Å². The molecule has 2 aromatic rings. The molecule has 3 nitrogen and oxygen atoms in total. The number of aryl methyl sites for hydroxylation is 2. The number of nitrogens with one attached hydrogen (secondary N) is 1. The monoisotopic (exact) mass is 280 g/mol. The number of benzene rings is 1. The van der Waals surface area contributed by atoms with Crippen LogP contribution in [0.25, 0.3) is 0 Å². The predicted octanol–water partition coefficient (Wildman–Crippen LogP) is 3.34. The van der Waals surface area contributed by atoms with Crippen LogP contribution in [-0.4, -0.2) is 10.9 Å². The fourth-order valence-electron chi connectivity index (χ4n) is 1.60. The number of nitrogens with zero attached hydrogens (tertiary/aromatic N) is 1. The fourth-order valence-corrected chi connectivity index (χ4v) is 2.60. The van der Waals surface area contributed by atoms with Crippen LogP contribution >= 0.6 is 22.9 Å². The van der Waals surface area contributed by atoms with E-state index in [4.69, 9.17) is 11.6 Å². The van der Waals surface area contributed by atoms with Gasteiger partial charge in [0, 0.05) is 15.5 Å². The largest absolute Gasteiger partial charge is 0.347 e. The summed E-state index contributed by atoms with van der Waals surface area (Å²) in [6, 6.07) is 6.84. The number of thiazole rings is 1. The smallest absolute Gasteiger partial charge is 0.251 e. The second-order valence-electron chi connectivity index (χ2n) is 3.93. The molecule has 0 aliphatic heterocycles. The van der Waals surface area contributed by atoms with E-state index in [-0.39, 0.29) is 5.91 Å². The van der Waals surface area contributed by atoms with Crippen molar-refractivity contribution in [2.24, 2.45) is 0 Å². The number of carbonyl (C=O) groups is 1. The summed E-state index contributed by atoms with van der Waals surface area (Å²) in [4.78, 5) is 17.3. The van der Waals surface area contributed by atoms with Gasteiger partial charge in [0.1, 0.15) is 0 Å². The van der Waals surface area contributed by atoms with Gasteiger partial charge in [0.2, 0.25) is 0 Å². The third kappa shape index (κ3) is 3.09.